The molecular weight excluding hydrogens is 314 g/mol. The number of carbonyl (C=O) groups excluding carboxylic acids is 2. The summed E-state index contributed by atoms with van der Waals surface area (Å²) >= 11 is 0. The quantitative estimate of drug-likeness (QED) is 0.826. The monoisotopic (exact) mass is 345 g/mol. The number of likely N-dealkylation sites (tertiary alicyclic amines) is 2. The molecule has 2 amide bonds. The van der Waals surface area contributed by atoms with Crippen molar-refractivity contribution in [2.45, 2.75) is 39.5 Å². The zero-order valence-electron chi connectivity index (χ0n) is 14.7. The van der Waals surface area contributed by atoms with Gasteiger partial charge in [0.25, 0.3) is 0 Å². The van der Waals surface area contributed by atoms with Crippen molar-refractivity contribution in [1.82, 2.24) is 15.1 Å². The molecule has 5 nitrogen and oxygen atoms in total. The van der Waals surface area contributed by atoms with Crippen molar-refractivity contribution in [3.63, 3.8) is 0 Å². The van der Waals surface area contributed by atoms with Crippen molar-refractivity contribution in [3.05, 3.63) is 0 Å². The molecule has 3 atom stereocenters. The van der Waals surface area contributed by atoms with Crippen LogP contribution in [-0.4, -0.2) is 61.4 Å². The Morgan fingerprint density at radius 3 is 2.57 bits per heavy atom. The van der Waals surface area contributed by atoms with Crippen LogP contribution in [0.2, 0.25) is 0 Å². The minimum Gasteiger partial charge on any atom is -0.342 e. The fourth-order valence-electron chi connectivity index (χ4n) is 3.61. The third-order valence-corrected chi connectivity index (χ3v) is 5.21. The van der Waals surface area contributed by atoms with Crippen LogP contribution in [0.25, 0.3) is 0 Å². The van der Waals surface area contributed by atoms with Crippen LogP contribution in [0.15, 0.2) is 0 Å². The van der Waals surface area contributed by atoms with Crippen LogP contribution in [0.5, 0.6) is 0 Å². The van der Waals surface area contributed by atoms with Crippen molar-refractivity contribution in [2.75, 3.05) is 39.8 Å². The summed E-state index contributed by atoms with van der Waals surface area (Å²) in [5.41, 5.74) is 0. The summed E-state index contributed by atoms with van der Waals surface area (Å²) in [5, 5.41) is 3.20. The van der Waals surface area contributed by atoms with Crippen LogP contribution >= 0.6 is 12.4 Å². The number of amides is 2. The molecule has 23 heavy (non-hydrogen) atoms. The highest BCUT2D eigenvalue weighted by Crippen LogP contribution is 2.24. The first kappa shape index (κ1) is 20.2. The molecule has 2 fully saturated rings. The molecule has 3 unspecified atom stereocenters. The molecule has 0 aromatic rings. The van der Waals surface area contributed by atoms with Gasteiger partial charge in [0, 0.05) is 32.1 Å². The Morgan fingerprint density at radius 2 is 1.91 bits per heavy atom. The molecular formula is C17H32ClN3O2. The second kappa shape index (κ2) is 9.48. The second-order valence-corrected chi connectivity index (χ2v) is 6.93. The molecule has 0 spiro atoms. The predicted molar refractivity (Wildman–Crippen MR) is 94.6 cm³/mol. The number of nitrogens with one attached hydrogen (secondary N) is 1. The molecule has 0 radical (unpaired) electrons. The van der Waals surface area contributed by atoms with Gasteiger partial charge >= 0.3 is 0 Å². The number of nitrogens with zero attached hydrogens (tertiary/aromatic N) is 2. The van der Waals surface area contributed by atoms with E-state index in [1.54, 1.807) is 0 Å². The van der Waals surface area contributed by atoms with E-state index in [2.05, 4.69) is 5.32 Å². The number of rotatable bonds is 5. The Kier molecular flexibility index (Phi) is 8.34. The zero-order chi connectivity index (χ0) is 16.1. The van der Waals surface area contributed by atoms with Gasteiger partial charge in [-0.05, 0) is 45.2 Å². The maximum absolute atomic E-state index is 12.7. The first-order valence-corrected chi connectivity index (χ1v) is 8.79. The van der Waals surface area contributed by atoms with Crippen LogP contribution < -0.4 is 5.32 Å². The lowest BCUT2D eigenvalue weighted by Crippen LogP contribution is -2.47. The van der Waals surface area contributed by atoms with E-state index in [1.165, 1.54) is 0 Å². The van der Waals surface area contributed by atoms with Gasteiger partial charge < -0.3 is 15.1 Å². The smallest absolute Gasteiger partial charge is 0.227 e. The fourth-order valence-corrected chi connectivity index (χ4v) is 3.61. The topological polar surface area (TPSA) is 52.7 Å². The molecule has 6 heteroatoms. The van der Waals surface area contributed by atoms with Gasteiger partial charge in [-0.1, -0.05) is 13.8 Å². The molecule has 1 N–H and O–H groups in total. The van der Waals surface area contributed by atoms with Crippen molar-refractivity contribution >= 4 is 24.2 Å². The molecule has 2 rings (SSSR count). The molecule has 2 aliphatic rings. The average molecular weight is 346 g/mol. The average Bonchev–Trinajstić information content (AvgIpc) is 3.01. The molecule has 2 aliphatic heterocycles. The Labute approximate surface area is 146 Å². The van der Waals surface area contributed by atoms with Gasteiger partial charge in [0.2, 0.25) is 11.8 Å². The molecule has 0 aromatic carbocycles. The third kappa shape index (κ3) is 5.08. The van der Waals surface area contributed by atoms with Crippen LogP contribution in [-0.2, 0) is 9.59 Å². The molecule has 2 saturated heterocycles. The number of hydrogen-bond acceptors (Lipinski definition) is 3. The van der Waals surface area contributed by atoms with E-state index in [9.17, 15) is 9.59 Å². The van der Waals surface area contributed by atoms with Gasteiger partial charge in [0.15, 0.2) is 0 Å². The summed E-state index contributed by atoms with van der Waals surface area (Å²) in [6, 6.07) is 0. The van der Waals surface area contributed by atoms with E-state index in [4.69, 9.17) is 0 Å². The summed E-state index contributed by atoms with van der Waals surface area (Å²) in [5.74, 6) is 1.14. The lowest BCUT2D eigenvalue weighted by Gasteiger charge is -2.35. The summed E-state index contributed by atoms with van der Waals surface area (Å²) in [6.07, 6.45) is 3.84. The third-order valence-electron chi connectivity index (χ3n) is 5.21. The molecule has 0 aromatic heterocycles. The van der Waals surface area contributed by atoms with Crippen LogP contribution in [0, 0.1) is 17.8 Å². The SMILES string of the molecule is CCC(C)C(=O)N1CCCC(C(=O)N2CCC(CNC)C2)C1.Cl. The number of halogens is 1. The van der Waals surface area contributed by atoms with Crippen molar-refractivity contribution < 1.29 is 9.59 Å². The van der Waals surface area contributed by atoms with E-state index in [0.29, 0.717) is 12.5 Å². The van der Waals surface area contributed by atoms with E-state index in [0.717, 1.165) is 51.9 Å². The Morgan fingerprint density at radius 1 is 1.17 bits per heavy atom. The summed E-state index contributed by atoms with van der Waals surface area (Å²) in [7, 11) is 1.96. The van der Waals surface area contributed by atoms with E-state index in [1.807, 2.05) is 30.7 Å². The molecule has 0 bridgehead atoms. The maximum Gasteiger partial charge on any atom is 0.227 e. The highest BCUT2D eigenvalue weighted by Gasteiger charge is 2.34. The van der Waals surface area contributed by atoms with Gasteiger partial charge in [0.1, 0.15) is 0 Å². The Hall–Kier alpha value is -0.810. The second-order valence-electron chi connectivity index (χ2n) is 6.93. The number of piperidine rings is 1. The highest BCUT2D eigenvalue weighted by molar-refractivity contribution is 5.85. The van der Waals surface area contributed by atoms with Crippen LogP contribution in [0.3, 0.4) is 0 Å². The maximum atomic E-state index is 12.7. The lowest BCUT2D eigenvalue weighted by molar-refractivity contribution is -0.142. The predicted octanol–water partition coefficient (Wildman–Crippen LogP) is 1.76. The standard InChI is InChI=1S/C17H31N3O2.ClH/c1-4-13(2)16(21)19-8-5-6-15(12-19)17(22)20-9-7-14(11-20)10-18-3;/h13-15,18H,4-12H2,1-3H3;1H. The van der Waals surface area contributed by atoms with Crippen molar-refractivity contribution in [1.29, 1.82) is 0 Å². The normalized spacial score (nSPS) is 25.9. The Balaban J connectivity index is 0.00000264. The van der Waals surface area contributed by atoms with E-state index < -0.39 is 0 Å². The van der Waals surface area contributed by atoms with Gasteiger partial charge in [-0.2, -0.15) is 0 Å². The van der Waals surface area contributed by atoms with Gasteiger partial charge in [-0.15, -0.1) is 12.4 Å². The summed E-state index contributed by atoms with van der Waals surface area (Å²) < 4.78 is 0. The number of hydrogen-bond donors (Lipinski definition) is 1. The number of carbonyl (C=O) groups is 2. The van der Waals surface area contributed by atoms with E-state index >= 15 is 0 Å². The highest BCUT2D eigenvalue weighted by atomic mass is 35.5. The summed E-state index contributed by atoms with van der Waals surface area (Å²) in [6.45, 7) is 8.19. The lowest BCUT2D eigenvalue weighted by atomic mass is 9.95. The fraction of sp³-hybridized carbons (Fsp3) is 0.882. The van der Waals surface area contributed by atoms with Gasteiger partial charge in [-0.25, -0.2) is 0 Å². The first-order chi connectivity index (χ1) is 10.6. The van der Waals surface area contributed by atoms with Crippen molar-refractivity contribution in [2.24, 2.45) is 17.8 Å². The molecule has 134 valence electrons. The largest absolute Gasteiger partial charge is 0.342 e. The first-order valence-electron chi connectivity index (χ1n) is 8.79. The zero-order valence-corrected chi connectivity index (χ0v) is 15.5. The van der Waals surface area contributed by atoms with Gasteiger partial charge in [-0.3, -0.25) is 9.59 Å². The van der Waals surface area contributed by atoms with Crippen LogP contribution in [0.1, 0.15) is 39.5 Å². The van der Waals surface area contributed by atoms with Crippen LogP contribution in [0.4, 0.5) is 0 Å². The Bertz CT molecular complexity index is 405. The molecule has 0 aliphatic carbocycles. The minimum absolute atomic E-state index is 0. The van der Waals surface area contributed by atoms with Crippen molar-refractivity contribution in [3.8, 4) is 0 Å². The van der Waals surface area contributed by atoms with Gasteiger partial charge in [0.05, 0.1) is 5.92 Å². The molecule has 2 heterocycles. The van der Waals surface area contributed by atoms with E-state index in [-0.39, 0.29) is 36.1 Å². The summed E-state index contributed by atoms with van der Waals surface area (Å²) in [4.78, 5) is 29.0. The minimum atomic E-state index is 0. The molecule has 0 saturated carbocycles.